The highest BCUT2D eigenvalue weighted by molar-refractivity contribution is 5.91. The molecule has 3 heterocycles. The molecule has 1 unspecified atom stereocenters. The summed E-state index contributed by atoms with van der Waals surface area (Å²) in [6, 6.07) is 9.86. The number of piperidine rings is 1. The molecule has 2 aromatic heterocycles. The maximum atomic E-state index is 12.9. The third kappa shape index (κ3) is 4.64. The normalized spacial score (nSPS) is 16.7. The van der Waals surface area contributed by atoms with E-state index >= 15 is 0 Å². The van der Waals surface area contributed by atoms with Crippen molar-refractivity contribution < 1.29 is 9.53 Å². The SMILES string of the molecule is Cn1ccnc1C(=O)N1CCCCC1CCn1cc(COc2ccccc2)nn1. The maximum absolute atomic E-state index is 12.9. The van der Waals surface area contributed by atoms with Crippen LogP contribution >= 0.6 is 0 Å². The second kappa shape index (κ2) is 8.89. The Labute approximate surface area is 170 Å². The van der Waals surface area contributed by atoms with Gasteiger partial charge in [-0.2, -0.15) is 0 Å². The largest absolute Gasteiger partial charge is 0.487 e. The number of amides is 1. The van der Waals surface area contributed by atoms with Gasteiger partial charge in [0, 0.05) is 38.6 Å². The van der Waals surface area contributed by atoms with Crippen LogP contribution in [-0.2, 0) is 20.2 Å². The van der Waals surface area contributed by atoms with E-state index in [0.717, 1.165) is 43.7 Å². The molecule has 3 aromatic rings. The highest BCUT2D eigenvalue weighted by atomic mass is 16.5. The second-order valence-corrected chi connectivity index (χ2v) is 7.37. The predicted molar refractivity (Wildman–Crippen MR) is 107 cm³/mol. The second-order valence-electron chi connectivity index (χ2n) is 7.37. The molecular formula is C21H26N6O2. The molecule has 1 aromatic carbocycles. The van der Waals surface area contributed by atoms with Gasteiger partial charge in [0.15, 0.2) is 5.82 Å². The number of imidazole rings is 1. The van der Waals surface area contributed by atoms with Crippen LogP contribution in [0.15, 0.2) is 48.9 Å². The van der Waals surface area contributed by atoms with E-state index in [-0.39, 0.29) is 11.9 Å². The summed E-state index contributed by atoms with van der Waals surface area (Å²) in [5.41, 5.74) is 0.790. The minimum atomic E-state index is 0.0118. The number of aromatic nitrogens is 5. The molecule has 1 aliphatic rings. The zero-order valence-electron chi connectivity index (χ0n) is 16.6. The van der Waals surface area contributed by atoms with Crippen molar-refractivity contribution in [3.63, 3.8) is 0 Å². The molecule has 0 N–H and O–H groups in total. The van der Waals surface area contributed by atoms with E-state index in [1.807, 2.05) is 53.2 Å². The van der Waals surface area contributed by atoms with Crippen molar-refractivity contribution in [3.05, 3.63) is 60.4 Å². The third-order valence-electron chi connectivity index (χ3n) is 5.31. The molecule has 152 valence electrons. The van der Waals surface area contributed by atoms with Gasteiger partial charge in [-0.3, -0.25) is 9.48 Å². The topological polar surface area (TPSA) is 78.1 Å². The van der Waals surface area contributed by atoms with Gasteiger partial charge in [-0.15, -0.1) is 5.10 Å². The van der Waals surface area contributed by atoms with Crippen molar-refractivity contribution in [2.24, 2.45) is 7.05 Å². The standard InChI is InChI=1S/C21H26N6O2/c1-25-14-11-22-20(25)21(28)27-12-6-5-7-18(27)10-13-26-15-17(23-24-26)16-29-19-8-3-2-4-9-19/h2-4,8-9,11,14-15,18H,5-7,10,12-13,16H2,1H3. The Balaban J connectivity index is 1.33. The fourth-order valence-corrected chi connectivity index (χ4v) is 3.74. The average Bonchev–Trinajstić information content (AvgIpc) is 3.40. The van der Waals surface area contributed by atoms with Crippen LogP contribution in [0, 0.1) is 0 Å². The number of rotatable bonds is 7. The molecule has 1 atom stereocenters. The molecule has 0 spiro atoms. The Hall–Kier alpha value is -3.16. The van der Waals surface area contributed by atoms with Crippen LogP contribution in [0.25, 0.3) is 0 Å². The lowest BCUT2D eigenvalue weighted by atomic mass is 9.99. The number of aryl methyl sites for hydroxylation is 2. The summed E-state index contributed by atoms with van der Waals surface area (Å²) in [6.45, 7) is 1.88. The van der Waals surface area contributed by atoms with Crippen LogP contribution in [0.3, 0.4) is 0 Å². The fraction of sp³-hybridized carbons (Fsp3) is 0.429. The van der Waals surface area contributed by atoms with E-state index in [0.29, 0.717) is 19.0 Å². The van der Waals surface area contributed by atoms with Gasteiger partial charge in [0.25, 0.3) is 5.91 Å². The number of hydrogen-bond acceptors (Lipinski definition) is 5. The van der Waals surface area contributed by atoms with E-state index in [4.69, 9.17) is 4.74 Å². The summed E-state index contributed by atoms with van der Waals surface area (Å²) in [5, 5.41) is 8.41. The van der Waals surface area contributed by atoms with E-state index in [1.165, 1.54) is 0 Å². The zero-order chi connectivity index (χ0) is 20.1. The number of carbonyl (C=O) groups is 1. The summed E-state index contributed by atoms with van der Waals surface area (Å²) in [6.07, 6.45) is 9.42. The van der Waals surface area contributed by atoms with Crippen molar-refractivity contribution in [2.45, 2.75) is 44.9 Å². The van der Waals surface area contributed by atoms with Gasteiger partial charge in [-0.1, -0.05) is 23.4 Å². The van der Waals surface area contributed by atoms with Gasteiger partial charge in [-0.05, 0) is 37.8 Å². The lowest BCUT2D eigenvalue weighted by molar-refractivity contribution is 0.0577. The van der Waals surface area contributed by atoms with Crippen molar-refractivity contribution in [2.75, 3.05) is 6.54 Å². The van der Waals surface area contributed by atoms with Crippen LogP contribution in [0.1, 0.15) is 42.0 Å². The van der Waals surface area contributed by atoms with Crippen LogP contribution in [0.5, 0.6) is 5.75 Å². The highest BCUT2D eigenvalue weighted by Crippen LogP contribution is 2.22. The van der Waals surface area contributed by atoms with E-state index in [9.17, 15) is 4.79 Å². The Bertz CT molecular complexity index is 936. The number of carbonyl (C=O) groups excluding carboxylic acids is 1. The van der Waals surface area contributed by atoms with Gasteiger partial charge >= 0.3 is 0 Å². The summed E-state index contributed by atoms with van der Waals surface area (Å²) >= 11 is 0. The number of benzene rings is 1. The van der Waals surface area contributed by atoms with E-state index in [2.05, 4.69) is 15.3 Å². The van der Waals surface area contributed by atoms with Crippen molar-refractivity contribution in [1.29, 1.82) is 0 Å². The highest BCUT2D eigenvalue weighted by Gasteiger charge is 2.29. The molecule has 0 radical (unpaired) electrons. The first-order valence-corrected chi connectivity index (χ1v) is 10.1. The number of likely N-dealkylation sites (tertiary alicyclic amines) is 1. The molecule has 0 aliphatic carbocycles. The molecule has 1 amide bonds. The first-order chi connectivity index (χ1) is 14.2. The van der Waals surface area contributed by atoms with E-state index < -0.39 is 0 Å². The predicted octanol–water partition coefficient (Wildman–Crippen LogP) is 2.68. The van der Waals surface area contributed by atoms with Crippen LogP contribution < -0.4 is 4.74 Å². The molecule has 1 fully saturated rings. The summed E-state index contributed by atoms with van der Waals surface area (Å²) in [7, 11) is 1.85. The molecule has 1 saturated heterocycles. The number of ether oxygens (including phenoxy) is 1. The molecule has 29 heavy (non-hydrogen) atoms. The lowest BCUT2D eigenvalue weighted by Crippen LogP contribution is -2.45. The monoisotopic (exact) mass is 394 g/mol. The molecule has 8 heteroatoms. The minimum absolute atomic E-state index is 0.0118. The van der Waals surface area contributed by atoms with Gasteiger partial charge in [-0.25, -0.2) is 4.98 Å². The Kier molecular flexibility index (Phi) is 5.88. The number of nitrogens with zero attached hydrogens (tertiary/aromatic N) is 6. The molecule has 0 bridgehead atoms. The van der Waals surface area contributed by atoms with Gasteiger partial charge in [0.2, 0.25) is 0 Å². The average molecular weight is 394 g/mol. The molecule has 8 nitrogen and oxygen atoms in total. The van der Waals surface area contributed by atoms with Crippen molar-refractivity contribution >= 4 is 5.91 Å². The molecule has 0 saturated carbocycles. The summed E-state index contributed by atoms with van der Waals surface area (Å²) < 4.78 is 9.34. The van der Waals surface area contributed by atoms with Gasteiger partial charge in [0.1, 0.15) is 18.1 Å². The lowest BCUT2D eigenvalue weighted by Gasteiger charge is -2.35. The van der Waals surface area contributed by atoms with Crippen LogP contribution in [-0.4, -0.2) is 47.9 Å². The van der Waals surface area contributed by atoms with Crippen LogP contribution in [0.4, 0.5) is 0 Å². The van der Waals surface area contributed by atoms with Crippen molar-refractivity contribution in [3.8, 4) is 5.75 Å². The summed E-state index contributed by atoms with van der Waals surface area (Å²) in [5.74, 6) is 1.32. The smallest absolute Gasteiger partial charge is 0.290 e. The number of hydrogen-bond donors (Lipinski definition) is 0. The zero-order valence-corrected chi connectivity index (χ0v) is 16.6. The minimum Gasteiger partial charge on any atom is -0.487 e. The Morgan fingerprint density at radius 3 is 2.90 bits per heavy atom. The maximum Gasteiger partial charge on any atom is 0.290 e. The molecular weight excluding hydrogens is 368 g/mol. The quantitative estimate of drug-likeness (QED) is 0.616. The van der Waals surface area contributed by atoms with Gasteiger partial charge in [0.05, 0.1) is 6.20 Å². The third-order valence-corrected chi connectivity index (χ3v) is 5.31. The van der Waals surface area contributed by atoms with E-state index in [1.54, 1.807) is 17.0 Å². The van der Waals surface area contributed by atoms with Crippen LogP contribution in [0.2, 0.25) is 0 Å². The summed E-state index contributed by atoms with van der Waals surface area (Å²) in [4.78, 5) is 19.1. The first kappa shape index (κ1) is 19.2. The first-order valence-electron chi connectivity index (χ1n) is 10.1. The Morgan fingerprint density at radius 2 is 2.10 bits per heavy atom. The molecule has 1 aliphatic heterocycles. The van der Waals surface area contributed by atoms with Gasteiger partial charge < -0.3 is 14.2 Å². The Morgan fingerprint density at radius 1 is 1.24 bits per heavy atom. The number of para-hydroxylation sites is 1. The van der Waals surface area contributed by atoms with Crippen molar-refractivity contribution in [1.82, 2.24) is 29.4 Å². The molecule has 4 rings (SSSR count). The fourth-order valence-electron chi connectivity index (χ4n) is 3.74.